The van der Waals surface area contributed by atoms with E-state index in [0.29, 0.717) is 27.6 Å². The van der Waals surface area contributed by atoms with Gasteiger partial charge >= 0.3 is 0 Å². The van der Waals surface area contributed by atoms with Gasteiger partial charge in [-0.2, -0.15) is 5.10 Å². The molecule has 1 fully saturated rings. The van der Waals surface area contributed by atoms with Gasteiger partial charge in [-0.3, -0.25) is 14.8 Å². The number of ether oxygens (including phenoxy) is 1. The molecule has 1 aromatic heterocycles. The zero-order valence-electron chi connectivity index (χ0n) is 21.7. The van der Waals surface area contributed by atoms with Crippen molar-refractivity contribution in [3.05, 3.63) is 95.3 Å². The quantitative estimate of drug-likeness (QED) is 0.0981. The van der Waals surface area contributed by atoms with Crippen molar-refractivity contribution in [2.45, 2.75) is 56.7 Å². The monoisotopic (exact) mass is 559 g/mol. The molecule has 0 radical (unpaired) electrons. The second kappa shape index (κ2) is 13.0. The summed E-state index contributed by atoms with van der Waals surface area (Å²) < 4.78 is 8.01. The molecule has 39 heavy (non-hydrogen) atoms. The van der Waals surface area contributed by atoms with Gasteiger partial charge in [0.15, 0.2) is 16.7 Å². The van der Waals surface area contributed by atoms with Crippen molar-refractivity contribution in [1.82, 2.24) is 14.8 Å². The number of benzene rings is 3. The summed E-state index contributed by atoms with van der Waals surface area (Å²) in [5.74, 6) is 1.85. The Morgan fingerprint density at radius 2 is 1.79 bits per heavy atom. The molecule has 0 bridgehead atoms. The van der Waals surface area contributed by atoms with Gasteiger partial charge in [-0.05, 0) is 78.5 Å². The first kappa shape index (κ1) is 27.0. The first-order valence-corrected chi connectivity index (χ1v) is 14.3. The molecule has 0 spiro atoms. The van der Waals surface area contributed by atoms with Crippen LogP contribution in [0.5, 0.6) is 5.75 Å². The van der Waals surface area contributed by atoms with E-state index in [2.05, 4.69) is 32.9 Å². The molecular formula is C30H30ClN5O2S. The first-order chi connectivity index (χ1) is 19.1. The average Bonchev–Trinajstić information content (AvgIpc) is 3.37. The minimum Gasteiger partial charge on any atom is -0.486 e. The Morgan fingerprint density at radius 1 is 1.03 bits per heavy atom. The van der Waals surface area contributed by atoms with E-state index in [4.69, 9.17) is 16.3 Å². The summed E-state index contributed by atoms with van der Waals surface area (Å²) in [4.78, 5) is 12.4. The van der Waals surface area contributed by atoms with Gasteiger partial charge in [0.05, 0.1) is 5.69 Å². The number of rotatable bonds is 9. The normalized spacial score (nSPS) is 14.3. The number of nitrogens with zero attached hydrogens (tertiary/aromatic N) is 4. The van der Waals surface area contributed by atoms with E-state index >= 15 is 0 Å². The Labute approximate surface area is 237 Å². The van der Waals surface area contributed by atoms with Crippen LogP contribution in [-0.2, 0) is 11.4 Å². The summed E-state index contributed by atoms with van der Waals surface area (Å²) in [5, 5.41) is 14.4. The highest BCUT2D eigenvalue weighted by Crippen LogP contribution is 2.33. The topological polar surface area (TPSA) is 81.4 Å². The van der Waals surface area contributed by atoms with Gasteiger partial charge in [-0.15, -0.1) is 10.2 Å². The molecule has 1 N–H and O–H groups in total. The summed E-state index contributed by atoms with van der Waals surface area (Å²) in [6.07, 6.45) is 6.50. The van der Waals surface area contributed by atoms with Crippen LogP contribution in [0.3, 0.4) is 0 Å². The number of anilines is 1. The third-order valence-corrected chi connectivity index (χ3v) is 7.89. The van der Waals surface area contributed by atoms with Crippen molar-refractivity contribution < 1.29 is 9.53 Å². The molecule has 1 heterocycles. The molecule has 7 nitrogen and oxygen atoms in total. The number of ketones is 1. The van der Waals surface area contributed by atoms with E-state index in [1.807, 2.05) is 59.2 Å². The second-order valence-corrected chi connectivity index (χ2v) is 10.9. The van der Waals surface area contributed by atoms with Crippen molar-refractivity contribution in [3.8, 4) is 11.4 Å². The maximum atomic E-state index is 12.4. The molecular weight excluding hydrogens is 530 g/mol. The highest BCUT2D eigenvalue weighted by molar-refractivity contribution is 8.15. The highest BCUT2D eigenvalue weighted by Gasteiger charge is 2.20. The smallest absolute Gasteiger partial charge is 0.202 e. The number of aromatic nitrogens is 3. The molecule has 3 aromatic carbocycles. The van der Waals surface area contributed by atoms with Crippen LogP contribution in [0.15, 0.2) is 89.1 Å². The lowest BCUT2D eigenvalue weighted by Crippen LogP contribution is -2.11. The molecule has 0 amide bonds. The second-order valence-electron chi connectivity index (χ2n) is 9.46. The number of carbonyl (C=O) groups is 1. The lowest BCUT2D eigenvalue weighted by Gasteiger charge is -2.22. The molecule has 1 aliphatic rings. The van der Waals surface area contributed by atoms with Crippen molar-refractivity contribution in [2.75, 3.05) is 5.43 Å². The summed E-state index contributed by atoms with van der Waals surface area (Å²) >= 11 is 7.21. The SMILES string of the molecule is CC(=O)/C(=N\Nc1cccc(Cl)c1)Sc1nnc(COc2ccc(C3CCCCC3)cc2)n1-c1ccccc1. The van der Waals surface area contributed by atoms with Crippen molar-refractivity contribution in [3.63, 3.8) is 0 Å². The molecule has 1 aliphatic carbocycles. The third-order valence-electron chi connectivity index (χ3n) is 6.64. The van der Waals surface area contributed by atoms with Gasteiger partial charge in [0.25, 0.3) is 0 Å². The number of nitrogens with one attached hydrogen (secondary N) is 1. The molecule has 200 valence electrons. The van der Waals surface area contributed by atoms with Crippen LogP contribution in [0.25, 0.3) is 5.69 Å². The number of hydrazone groups is 1. The molecule has 0 aliphatic heterocycles. The average molecular weight is 560 g/mol. The predicted octanol–water partition coefficient (Wildman–Crippen LogP) is 7.65. The summed E-state index contributed by atoms with van der Waals surface area (Å²) in [6.45, 7) is 1.69. The minimum absolute atomic E-state index is 0.201. The summed E-state index contributed by atoms with van der Waals surface area (Å²) in [5.41, 5.74) is 5.83. The van der Waals surface area contributed by atoms with E-state index < -0.39 is 0 Å². The summed E-state index contributed by atoms with van der Waals surface area (Å²) in [6, 6.07) is 25.3. The number of halogens is 1. The molecule has 0 unspecified atom stereocenters. The number of para-hydroxylation sites is 1. The maximum absolute atomic E-state index is 12.4. The third kappa shape index (κ3) is 7.07. The van der Waals surface area contributed by atoms with E-state index in [9.17, 15) is 4.79 Å². The van der Waals surface area contributed by atoms with Gasteiger partial charge in [-0.25, -0.2) is 0 Å². The van der Waals surface area contributed by atoms with Gasteiger partial charge in [-0.1, -0.05) is 67.3 Å². The van der Waals surface area contributed by atoms with E-state index in [1.165, 1.54) is 44.6 Å². The Morgan fingerprint density at radius 3 is 2.51 bits per heavy atom. The number of hydrogen-bond acceptors (Lipinski definition) is 7. The molecule has 4 aromatic rings. The lowest BCUT2D eigenvalue weighted by molar-refractivity contribution is -0.110. The van der Waals surface area contributed by atoms with Crippen molar-refractivity contribution in [2.24, 2.45) is 5.10 Å². The Balaban J connectivity index is 1.35. The number of hydrogen-bond donors (Lipinski definition) is 1. The molecule has 1 saturated carbocycles. The van der Waals surface area contributed by atoms with Gasteiger partial charge in [0, 0.05) is 17.6 Å². The molecule has 5 rings (SSSR count). The lowest BCUT2D eigenvalue weighted by atomic mass is 9.84. The van der Waals surface area contributed by atoms with Crippen LogP contribution in [0.1, 0.15) is 56.3 Å². The standard InChI is InChI=1S/C30H30ClN5O2S/c1-21(37)29(34-32-25-12-8-11-24(31)19-25)39-30-35-33-28(36(30)26-13-6-3-7-14-26)20-38-27-17-15-23(16-18-27)22-9-4-2-5-10-22/h3,6-8,11-19,22,32H,2,4-5,9-10,20H2,1H3/b34-29+. The Hall–Kier alpha value is -3.62. The zero-order chi connectivity index (χ0) is 27.0. The Bertz CT molecular complexity index is 1430. The van der Waals surface area contributed by atoms with Gasteiger partial charge in [0.1, 0.15) is 12.4 Å². The van der Waals surface area contributed by atoms with Crippen LogP contribution < -0.4 is 10.2 Å². The predicted molar refractivity (Wildman–Crippen MR) is 157 cm³/mol. The van der Waals surface area contributed by atoms with Crippen molar-refractivity contribution >= 4 is 39.9 Å². The summed E-state index contributed by atoms with van der Waals surface area (Å²) in [7, 11) is 0. The fourth-order valence-corrected chi connectivity index (χ4v) is 5.63. The number of Topliss-reactive ketones (excluding diaryl/α,β-unsaturated/α-hetero) is 1. The maximum Gasteiger partial charge on any atom is 0.202 e. The minimum atomic E-state index is -0.201. The zero-order valence-corrected chi connectivity index (χ0v) is 23.3. The molecule has 0 atom stereocenters. The fourth-order valence-electron chi connectivity index (χ4n) is 4.65. The van der Waals surface area contributed by atoms with Crippen LogP contribution in [0, 0.1) is 0 Å². The van der Waals surface area contributed by atoms with Crippen LogP contribution in [0.4, 0.5) is 5.69 Å². The van der Waals surface area contributed by atoms with E-state index in [1.54, 1.807) is 12.1 Å². The molecule has 0 saturated heterocycles. The number of thioether (sulfide) groups is 1. The van der Waals surface area contributed by atoms with Gasteiger partial charge < -0.3 is 4.74 Å². The first-order valence-electron chi connectivity index (χ1n) is 13.1. The van der Waals surface area contributed by atoms with Crippen LogP contribution >= 0.6 is 23.4 Å². The van der Waals surface area contributed by atoms with E-state index in [0.717, 1.165) is 23.2 Å². The van der Waals surface area contributed by atoms with E-state index in [-0.39, 0.29) is 17.4 Å². The Kier molecular flexibility index (Phi) is 8.96. The van der Waals surface area contributed by atoms with Crippen LogP contribution in [-0.4, -0.2) is 25.6 Å². The molecule has 9 heteroatoms. The van der Waals surface area contributed by atoms with Crippen molar-refractivity contribution in [1.29, 1.82) is 0 Å². The van der Waals surface area contributed by atoms with Crippen LogP contribution in [0.2, 0.25) is 5.02 Å². The largest absolute Gasteiger partial charge is 0.486 e. The fraction of sp³-hybridized carbons (Fsp3) is 0.267. The number of carbonyl (C=O) groups excluding carboxylic acids is 1. The highest BCUT2D eigenvalue weighted by atomic mass is 35.5. The van der Waals surface area contributed by atoms with Gasteiger partial charge in [0.2, 0.25) is 5.16 Å².